The number of rotatable bonds is 9. The van der Waals surface area contributed by atoms with Gasteiger partial charge in [0.15, 0.2) is 0 Å². The monoisotopic (exact) mass is 319 g/mol. The summed E-state index contributed by atoms with van der Waals surface area (Å²) >= 11 is 0. The molecule has 3 N–H and O–H groups in total. The van der Waals surface area contributed by atoms with Crippen molar-refractivity contribution in [2.24, 2.45) is 5.73 Å². The van der Waals surface area contributed by atoms with Gasteiger partial charge in [0.05, 0.1) is 0 Å². The van der Waals surface area contributed by atoms with Gasteiger partial charge in [-0.25, -0.2) is 0 Å². The summed E-state index contributed by atoms with van der Waals surface area (Å²) < 4.78 is 0. The zero-order valence-electron chi connectivity index (χ0n) is 14.5. The Hall–Kier alpha value is -1.88. The number of hydrogen-bond donors (Lipinski definition) is 2. The molecule has 5 heteroatoms. The van der Waals surface area contributed by atoms with Crippen molar-refractivity contribution in [1.82, 2.24) is 10.2 Å². The average molecular weight is 319 g/mol. The first-order chi connectivity index (χ1) is 11.0. The van der Waals surface area contributed by atoms with Gasteiger partial charge in [-0.05, 0) is 44.4 Å². The van der Waals surface area contributed by atoms with Crippen LogP contribution in [0.1, 0.15) is 60.7 Å². The highest BCUT2D eigenvalue weighted by molar-refractivity contribution is 5.99. The SMILES string of the molecule is CCCN(CCC)C(=O)c1cccc(C(=O)NCCC(C)N)c1. The van der Waals surface area contributed by atoms with E-state index in [1.165, 1.54) is 0 Å². The van der Waals surface area contributed by atoms with Gasteiger partial charge in [-0.1, -0.05) is 19.9 Å². The Kier molecular flexibility index (Phi) is 8.33. The van der Waals surface area contributed by atoms with Crippen LogP contribution in [0, 0.1) is 0 Å². The van der Waals surface area contributed by atoms with E-state index < -0.39 is 0 Å². The van der Waals surface area contributed by atoms with E-state index in [1.54, 1.807) is 24.3 Å². The second-order valence-corrected chi connectivity index (χ2v) is 5.89. The fraction of sp³-hybridized carbons (Fsp3) is 0.556. The van der Waals surface area contributed by atoms with E-state index in [-0.39, 0.29) is 17.9 Å². The van der Waals surface area contributed by atoms with E-state index in [0.29, 0.717) is 17.7 Å². The minimum Gasteiger partial charge on any atom is -0.352 e. The second kappa shape index (κ2) is 10.0. The van der Waals surface area contributed by atoms with E-state index in [4.69, 9.17) is 5.73 Å². The van der Waals surface area contributed by atoms with Crippen LogP contribution in [0.15, 0.2) is 24.3 Å². The third kappa shape index (κ3) is 6.40. The van der Waals surface area contributed by atoms with Crippen molar-refractivity contribution in [3.63, 3.8) is 0 Å². The van der Waals surface area contributed by atoms with Gasteiger partial charge in [0, 0.05) is 36.8 Å². The van der Waals surface area contributed by atoms with Gasteiger partial charge in [0.2, 0.25) is 0 Å². The molecule has 2 amide bonds. The van der Waals surface area contributed by atoms with Gasteiger partial charge < -0.3 is 16.0 Å². The Morgan fingerprint density at radius 1 is 1.17 bits per heavy atom. The van der Waals surface area contributed by atoms with E-state index in [9.17, 15) is 9.59 Å². The van der Waals surface area contributed by atoms with Crippen LogP contribution < -0.4 is 11.1 Å². The first-order valence-corrected chi connectivity index (χ1v) is 8.42. The fourth-order valence-corrected chi connectivity index (χ4v) is 2.35. The Morgan fingerprint density at radius 2 is 1.78 bits per heavy atom. The second-order valence-electron chi connectivity index (χ2n) is 5.89. The molecule has 0 spiro atoms. The predicted octanol–water partition coefficient (Wildman–Crippen LogP) is 2.42. The first kappa shape index (κ1) is 19.2. The summed E-state index contributed by atoms with van der Waals surface area (Å²) in [6.07, 6.45) is 2.57. The smallest absolute Gasteiger partial charge is 0.253 e. The molecule has 128 valence electrons. The number of nitrogens with two attached hydrogens (primary N) is 1. The summed E-state index contributed by atoms with van der Waals surface area (Å²) in [6.45, 7) is 8.01. The Balaban J connectivity index is 2.78. The summed E-state index contributed by atoms with van der Waals surface area (Å²) in [5.74, 6) is -0.184. The summed E-state index contributed by atoms with van der Waals surface area (Å²) in [7, 11) is 0. The highest BCUT2D eigenvalue weighted by Gasteiger charge is 2.16. The van der Waals surface area contributed by atoms with E-state index >= 15 is 0 Å². The lowest BCUT2D eigenvalue weighted by Gasteiger charge is -2.21. The van der Waals surface area contributed by atoms with E-state index in [1.807, 2.05) is 11.8 Å². The van der Waals surface area contributed by atoms with Gasteiger partial charge in [0.25, 0.3) is 11.8 Å². The van der Waals surface area contributed by atoms with Crippen molar-refractivity contribution >= 4 is 11.8 Å². The van der Waals surface area contributed by atoms with E-state index in [0.717, 1.165) is 32.4 Å². The minimum absolute atomic E-state index is 0.0149. The predicted molar refractivity (Wildman–Crippen MR) is 93.5 cm³/mol. The Bertz CT molecular complexity index is 509. The normalized spacial score (nSPS) is 11.8. The molecule has 0 saturated heterocycles. The van der Waals surface area contributed by atoms with Crippen LogP contribution in [0.25, 0.3) is 0 Å². The summed E-state index contributed by atoms with van der Waals surface area (Å²) in [6, 6.07) is 6.97. The van der Waals surface area contributed by atoms with Crippen LogP contribution in [0.3, 0.4) is 0 Å². The van der Waals surface area contributed by atoms with Crippen LogP contribution in [-0.4, -0.2) is 42.4 Å². The Morgan fingerprint density at radius 3 is 2.35 bits per heavy atom. The maximum atomic E-state index is 12.6. The first-order valence-electron chi connectivity index (χ1n) is 8.42. The van der Waals surface area contributed by atoms with Crippen molar-refractivity contribution in [3.8, 4) is 0 Å². The number of benzene rings is 1. The maximum Gasteiger partial charge on any atom is 0.253 e. The molecule has 1 unspecified atom stereocenters. The maximum absolute atomic E-state index is 12.6. The van der Waals surface area contributed by atoms with Gasteiger partial charge in [0.1, 0.15) is 0 Å². The lowest BCUT2D eigenvalue weighted by molar-refractivity contribution is 0.0755. The molecule has 0 fully saturated rings. The van der Waals surface area contributed by atoms with Gasteiger partial charge in [-0.15, -0.1) is 0 Å². The number of carbonyl (C=O) groups is 2. The number of carbonyl (C=O) groups excluding carboxylic acids is 2. The molecular formula is C18H29N3O2. The van der Waals surface area contributed by atoms with Crippen LogP contribution >= 0.6 is 0 Å². The van der Waals surface area contributed by atoms with Crippen molar-refractivity contribution in [1.29, 1.82) is 0 Å². The number of amides is 2. The quantitative estimate of drug-likeness (QED) is 0.734. The third-order valence-electron chi connectivity index (χ3n) is 3.53. The number of hydrogen-bond acceptors (Lipinski definition) is 3. The molecule has 0 heterocycles. The molecular weight excluding hydrogens is 290 g/mol. The van der Waals surface area contributed by atoms with Crippen LogP contribution in [0.5, 0.6) is 0 Å². The molecule has 0 radical (unpaired) electrons. The van der Waals surface area contributed by atoms with Gasteiger partial charge in [-0.2, -0.15) is 0 Å². The Labute approximate surface area is 139 Å². The average Bonchev–Trinajstić information content (AvgIpc) is 2.53. The molecule has 0 aliphatic rings. The van der Waals surface area contributed by atoms with E-state index in [2.05, 4.69) is 19.2 Å². The molecule has 1 aromatic carbocycles. The van der Waals surface area contributed by atoms with Crippen LogP contribution in [-0.2, 0) is 0 Å². The molecule has 0 aliphatic carbocycles. The molecule has 0 aromatic heterocycles. The molecule has 1 rings (SSSR count). The highest BCUT2D eigenvalue weighted by atomic mass is 16.2. The molecule has 1 aromatic rings. The van der Waals surface area contributed by atoms with Crippen molar-refractivity contribution in [2.45, 2.75) is 46.1 Å². The van der Waals surface area contributed by atoms with Gasteiger partial charge in [-0.3, -0.25) is 9.59 Å². The highest BCUT2D eigenvalue weighted by Crippen LogP contribution is 2.10. The summed E-state index contributed by atoms with van der Waals surface area (Å²) in [5, 5.41) is 2.83. The lowest BCUT2D eigenvalue weighted by atomic mass is 10.1. The minimum atomic E-state index is -0.169. The summed E-state index contributed by atoms with van der Waals surface area (Å²) in [5.41, 5.74) is 6.74. The molecule has 0 aliphatic heterocycles. The van der Waals surface area contributed by atoms with Crippen molar-refractivity contribution in [2.75, 3.05) is 19.6 Å². The number of nitrogens with zero attached hydrogens (tertiary/aromatic N) is 1. The molecule has 0 bridgehead atoms. The van der Waals surface area contributed by atoms with Crippen molar-refractivity contribution < 1.29 is 9.59 Å². The summed E-state index contributed by atoms with van der Waals surface area (Å²) in [4.78, 5) is 26.6. The largest absolute Gasteiger partial charge is 0.352 e. The zero-order valence-corrected chi connectivity index (χ0v) is 14.5. The topological polar surface area (TPSA) is 75.4 Å². The molecule has 1 atom stereocenters. The third-order valence-corrected chi connectivity index (χ3v) is 3.53. The number of nitrogens with one attached hydrogen (secondary N) is 1. The van der Waals surface area contributed by atoms with Crippen LogP contribution in [0.2, 0.25) is 0 Å². The molecule has 23 heavy (non-hydrogen) atoms. The van der Waals surface area contributed by atoms with Gasteiger partial charge >= 0.3 is 0 Å². The fourth-order valence-electron chi connectivity index (χ4n) is 2.35. The standard InChI is InChI=1S/C18H29N3O2/c1-4-11-21(12-5-2)18(23)16-8-6-7-15(13-16)17(22)20-10-9-14(3)19/h6-8,13-14H,4-5,9-12,19H2,1-3H3,(H,20,22). The van der Waals surface area contributed by atoms with Crippen molar-refractivity contribution in [3.05, 3.63) is 35.4 Å². The lowest BCUT2D eigenvalue weighted by Crippen LogP contribution is -2.33. The zero-order chi connectivity index (χ0) is 17.2. The molecule has 5 nitrogen and oxygen atoms in total. The molecule has 0 saturated carbocycles. The van der Waals surface area contributed by atoms with Crippen LogP contribution in [0.4, 0.5) is 0 Å².